The second-order valence-corrected chi connectivity index (χ2v) is 5.37. The molecule has 0 amide bonds. The molecule has 0 radical (unpaired) electrons. The molecule has 0 atom stereocenters. The number of rotatable bonds is 0. The molecule has 0 nitrogen and oxygen atoms in total. The number of fused-ring (bicyclic) bond motifs is 2. The van der Waals surface area contributed by atoms with Crippen molar-refractivity contribution in [1.29, 1.82) is 0 Å². The SMILES string of the molecule is ClC1C2(Cl)CCC1(Cl)CC2. The number of hydrogen-bond acceptors (Lipinski definition) is 0. The van der Waals surface area contributed by atoms with Gasteiger partial charge < -0.3 is 0 Å². The fourth-order valence-corrected chi connectivity index (χ4v) is 3.34. The summed E-state index contributed by atoms with van der Waals surface area (Å²) in [5.74, 6) is 0. The van der Waals surface area contributed by atoms with E-state index < -0.39 is 0 Å². The summed E-state index contributed by atoms with van der Waals surface area (Å²) in [5.41, 5.74) is 0. The Morgan fingerprint density at radius 1 is 0.900 bits per heavy atom. The van der Waals surface area contributed by atoms with Crippen LogP contribution in [0.3, 0.4) is 0 Å². The molecule has 2 fully saturated rings. The number of hydrogen-bond donors (Lipinski definition) is 0. The van der Waals surface area contributed by atoms with Crippen LogP contribution in [0.4, 0.5) is 0 Å². The highest BCUT2D eigenvalue weighted by atomic mass is 35.5. The summed E-state index contributed by atoms with van der Waals surface area (Å²) in [5, 5.41) is -0.0108. The fourth-order valence-electron chi connectivity index (χ4n) is 2.05. The van der Waals surface area contributed by atoms with Crippen LogP contribution in [-0.4, -0.2) is 15.1 Å². The van der Waals surface area contributed by atoms with Crippen molar-refractivity contribution < 1.29 is 0 Å². The van der Waals surface area contributed by atoms with E-state index in [4.69, 9.17) is 34.8 Å². The van der Waals surface area contributed by atoms with Gasteiger partial charge in [0.1, 0.15) is 0 Å². The summed E-state index contributed by atoms with van der Waals surface area (Å²) in [6.45, 7) is 0. The van der Waals surface area contributed by atoms with E-state index in [1.807, 2.05) is 0 Å². The predicted octanol–water partition coefficient (Wildman–Crippen LogP) is 3.14. The summed E-state index contributed by atoms with van der Waals surface area (Å²) in [6, 6.07) is 0. The van der Waals surface area contributed by atoms with Crippen molar-refractivity contribution >= 4 is 34.8 Å². The molecule has 2 aliphatic rings. The van der Waals surface area contributed by atoms with Crippen LogP contribution in [0, 0.1) is 0 Å². The van der Waals surface area contributed by atoms with Crippen LogP contribution in [-0.2, 0) is 0 Å². The standard InChI is InChI=1S/C7H9Cl3/c8-5-6(9)1-2-7(5,10)4-3-6/h5H,1-4H2. The minimum atomic E-state index is -0.163. The quantitative estimate of drug-likeness (QED) is 0.526. The van der Waals surface area contributed by atoms with Crippen molar-refractivity contribution in [2.45, 2.75) is 40.8 Å². The van der Waals surface area contributed by atoms with Gasteiger partial charge in [-0.15, -0.1) is 34.8 Å². The summed E-state index contributed by atoms with van der Waals surface area (Å²) in [4.78, 5) is -0.327. The third-order valence-corrected chi connectivity index (χ3v) is 5.07. The molecular formula is C7H9Cl3. The third kappa shape index (κ3) is 0.761. The summed E-state index contributed by atoms with van der Waals surface area (Å²) >= 11 is 18.5. The average molecular weight is 200 g/mol. The van der Waals surface area contributed by atoms with Gasteiger partial charge in [-0.05, 0) is 25.7 Å². The maximum atomic E-state index is 6.22. The number of halogens is 3. The first-order valence-corrected chi connectivity index (χ1v) is 4.78. The number of alkyl halides is 3. The predicted molar refractivity (Wildman–Crippen MR) is 45.3 cm³/mol. The van der Waals surface area contributed by atoms with E-state index >= 15 is 0 Å². The van der Waals surface area contributed by atoms with Gasteiger partial charge in [-0.3, -0.25) is 0 Å². The highest BCUT2D eigenvalue weighted by molar-refractivity contribution is 6.40. The maximum absolute atomic E-state index is 6.22. The summed E-state index contributed by atoms with van der Waals surface area (Å²) in [7, 11) is 0. The molecule has 0 N–H and O–H groups in total. The molecule has 2 rings (SSSR count). The molecule has 2 saturated carbocycles. The van der Waals surface area contributed by atoms with Crippen molar-refractivity contribution in [3.8, 4) is 0 Å². The Balaban J connectivity index is 2.34. The Morgan fingerprint density at radius 3 is 1.30 bits per heavy atom. The first-order valence-electron chi connectivity index (χ1n) is 3.59. The fraction of sp³-hybridized carbons (Fsp3) is 1.00. The Kier molecular flexibility index (Phi) is 1.48. The van der Waals surface area contributed by atoms with Crippen molar-refractivity contribution in [3.05, 3.63) is 0 Å². The topological polar surface area (TPSA) is 0 Å². The van der Waals surface area contributed by atoms with Crippen LogP contribution >= 0.6 is 34.8 Å². The van der Waals surface area contributed by atoms with Gasteiger partial charge >= 0.3 is 0 Å². The minimum absolute atomic E-state index is 0.0108. The monoisotopic (exact) mass is 198 g/mol. The molecule has 0 heterocycles. The van der Waals surface area contributed by atoms with Crippen LogP contribution in [0.1, 0.15) is 25.7 Å². The largest absolute Gasteiger partial charge is 0.119 e. The van der Waals surface area contributed by atoms with E-state index in [0.717, 1.165) is 25.7 Å². The van der Waals surface area contributed by atoms with Gasteiger partial charge in [0.2, 0.25) is 0 Å². The molecule has 2 bridgehead atoms. The molecule has 3 heteroatoms. The zero-order valence-electron chi connectivity index (χ0n) is 5.54. The smallest absolute Gasteiger partial charge is 0.0719 e. The van der Waals surface area contributed by atoms with Gasteiger partial charge in [-0.2, -0.15) is 0 Å². The zero-order chi connectivity index (χ0) is 7.41. The van der Waals surface area contributed by atoms with Gasteiger partial charge in [0.25, 0.3) is 0 Å². The molecular weight excluding hydrogens is 190 g/mol. The van der Waals surface area contributed by atoms with Gasteiger partial charge in [-0.1, -0.05) is 0 Å². The van der Waals surface area contributed by atoms with Gasteiger partial charge in [0.15, 0.2) is 0 Å². The maximum Gasteiger partial charge on any atom is 0.0719 e. The van der Waals surface area contributed by atoms with Crippen LogP contribution < -0.4 is 0 Å². The Bertz CT molecular complexity index is 140. The van der Waals surface area contributed by atoms with Gasteiger partial charge in [0.05, 0.1) is 15.1 Å². The normalized spacial score (nSPS) is 59.7. The lowest BCUT2D eigenvalue weighted by Crippen LogP contribution is -2.28. The van der Waals surface area contributed by atoms with E-state index in [9.17, 15) is 0 Å². The molecule has 0 spiro atoms. The highest BCUT2D eigenvalue weighted by Crippen LogP contribution is 2.59. The Hall–Kier alpha value is 0.870. The summed E-state index contributed by atoms with van der Waals surface area (Å²) < 4.78 is 0. The van der Waals surface area contributed by atoms with Crippen molar-refractivity contribution in [1.82, 2.24) is 0 Å². The van der Waals surface area contributed by atoms with Crippen molar-refractivity contribution in [2.24, 2.45) is 0 Å². The van der Waals surface area contributed by atoms with Crippen molar-refractivity contribution in [2.75, 3.05) is 0 Å². The second-order valence-electron chi connectivity index (χ2n) is 3.43. The van der Waals surface area contributed by atoms with E-state index in [0.29, 0.717) is 0 Å². The molecule has 2 aliphatic carbocycles. The van der Waals surface area contributed by atoms with Crippen LogP contribution in [0.25, 0.3) is 0 Å². The molecule has 0 aromatic carbocycles. The zero-order valence-corrected chi connectivity index (χ0v) is 7.81. The lowest BCUT2D eigenvalue weighted by Gasteiger charge is -2.18. The lowest BCUT2D eigenvalue weighted by molar-refractivity contribution is 0.518. The highest BCUT2D eigenvalue weighted by Gasteiger charge is 2.60. The van der Waals surface area contributed by atoms with E-state index in [1.54, 1.807) is 0 Å². The second kappa shape index (κ2) is 1.97. The first-order chi connectivity index (χ1) is 4.57. The Labute approximate surface area is 75.8 Å². The lowest BCUT2D eigenvalue weighted by atomic mass is 10.00. The molecule has 10 heavy (non-hydrogen) atoms. The van der Waals surface area contributed by atoms with Crippen LogP contribution in [0.5, 0.6) is 0 Å². The van der Waals surface area contributed by atoms with Crippen LogP contribution in [0.2, 0.25) is 0 Å². The molecule has 58 valence electrons. The first kappa shape index (κ1) is 7.52. The van der Waals surface area contributed by atoms with E-state index in [1.165, 1.54) is 0 Å². The molecule has 0 unspecified atom stereocenters. The minimum Gasteiger partial charge on any atom is -0.119 e. The Morgan fingerprint density at radius 2 is 1.20 bits per heavy atom. The van der Waals surface area contributed by atoms with E-state index in [-0.39, 0.29) is 15.1 Å². The molecule has 0 aromatic rings. The molecule has 0 aliphatic heterocycles. The van der Waals surface area contributed by atoms with Gasteiger partial charge in [0, 0.05) is 0 Å². The average Bonchev–Trinajstić information content (AvgIpc) is 2.24. The van der Waals surface area contributed by atoms with E-state index in [2.05, 4.69) is 0 Å². The van der Waals surface area contributed by atoms with Crippen molar-refractivity contribution in [3.63, 3.8) is 0 Å². The van der Waals surface area contributed by atoms with Crippen LogP contribution in [0.15, 0.2) is 0 Å². The summed E-state index contributed by atoms with van der Waals surface area (Å²) in [6.07, 6.45) is 3.97. The molecule has 0 saturated heterocycles. The third-order valence-electron chi connectivity index (χ3n) is 2.82. The van der Waals surface area contributed by atoms with Gasteiger partial charge in [-0.25, -0.2) is 0 Å². The molecule has 0 aromatic heterocycles.